The summed E-state index contributed by atoms with van der Waals surface area (Å²) in [5, 5.41) is 0. The summed E-state index contributed by atoms with van der Waals surface area (Å²) in [5.74, 6) is -0.881. The number of aryl methyl sites for hydroxylation is 1. The summed E-state index contributed by atoms with van der Waals surface area (Å²) in [7, 11) is -3.86. The van der Waals surface area contributed by atoms with Crippen molar-refractivity contribution in [2.75, 3.05) is 13.2 Å². The third-order valence-electron chi connectivity index (χ3n) is 4.47. The molecule has 1 aromatic carbocycles. The van der Waals surface area contributed by atoms with E-state index >= 15 is 0 Å². The molecule has 0 unspecified atom stereocenters. The average molecular weight is 381 g/mol. The molecule has 26 heavy (non-hydrogen) atoms. The Morgan fingerprint density at radius 1 is 1.42 bits per heavy atom. The van der Waals surface area contributed by atoms with Crippen molar-refractivity contribution in [3.8, 4) is 0 Å². The van der Waals surface area contributed by atoms with E-state index < -0.39 is 22.0 Å². The van der Waals surface area contributed by atoms with Crippen LogP contribution in [0, 0.1) is 12.8 Å². The molecule has 2 rings (SSSR count). The Balaban J connectivity index is 2.30. The minimum Gasteiger partial charge on any atom is -0.465 e. The van der Waals surface area contributed by atoms with E-state index in [0.717, 1.165) is 12.0 Å². The lowest BCUT2D eigenvalue weighted by atomic mass is 9.86. The van der Waals surface area contributed by atoms with Gasteiger partial charge in [0.15, 0.2) is 0 Å². The fourth-order valence-corrected chi connectivity index (χ4v) is 4.38. The highest BCUT2D eigenvalue weighted by atomic mass is 32.2. The summed E-state index contributed by atoms with van der Waals surface area (Å²) < 4.78 is 39.0. The monoisotopic (exact) mass is 381 g/mol. The summed E-state index contributed by atoms with van der Waals surface area (Å²) in [6.07, 6.45) is 3.45. The second-order valence-corrected chi connectivity index (χ2v) is 8.12. The molecule has 1 saturated heterocycles. The molecular formula is C19H27NO5S. The zero-order chi connectivity index (χ0) is 19.2. The normalized spacial score (nSPS) is 21.8. The number of hydrogen-bond acceptors (Lipinski definition) is 5. The molecular weight excluding hydrogens is 354 g/mol. The fourth-order valence-electron chi connectivity index (χ4n) is 3.15. The number of carbonyl (C=O) groups excluding carboxylic acids is 1. The van der Waals surface area contributed by atoms with Crippen molar-refractivity contribution in [3.05, 3.63) is 42.5 Å². The van der Waals surface area contributed by atoms with E-state index in [1.165, 1.54) is 12.1 Å². The molecule has 1 heterocycles. The summed E-state index contributed by atoms with van der Waals surface area (Å²) in [6, 6.07) is 5.50. The van der Waals surface area contributed by atoms with Gasteiger partial charge < -0.3 is 9.47 Å². The maximum atomic E-state index is 12.8. The van der Waals surface area contributed by atoms with Crippen LogP contribution in [0.25, 0.3) is 0 Å². The summed E-state index contributed by atoms with van der Waals surface area (Å²) in [5.41, 5.74) is 0.956. The van der Waals surface area contributed by atoms with Gasteiger partial charge >= 0.3 is 5.97 Å². The van der Waals surface area contributed by atoms with Gasteiger partial charge in [-0.25, -0.2) is 8.42 Å². The molecule has 1 aliphatic heterocycles. The Bertz CT molecular complexity index is 714. The van der Waals surface area contributed by atoms with Gasteiger partial charge in [0, 0.05) is 12.5 Å². The third kappa shape index (κ3) is 5.16. The zero-order valence-electron chi connectivity index (χ0n) is 15.3. The first-order chi connectivity index (χ1) is 12.4. The number of hydrogen-bond donors (Lipinski definition) is 1. The van der Waals surface area contributed by atoms with E-state index in [2.05, 4.69) is 11.3 Å². The standard InChI is InChI=1S/C19H27NO5S/c1-4-7-17-16(8-6-13-25-17)18(19(21)24-5-2)20-26(22,23)15-11-9-14(3)10-12-15/h4,9-12,16-18,20H,1,5-8,13H2,2-3H3/t16-,17-,18+/m1/s1. The number of esters is 1. The molecule has 1 aromatic rings. The van der Waals surface area contributed by atoms with Crippen molar-refractivity contribution in [2.24, 2.45) is 5.92 Å². The van der Waals surface area contributed by atoms with Gasteiger partial charge in [-0.05, 0) is 45.2 Å². The molecule has 0 bridgehead atoms. The summed E-state index contributed by atoms with van der Waals surface area (Å²) in [4.78, 5) is 12.6. The van der Waals surface area contributed by atoms with E-state index in [-0.39, 0.29) is 23.5 Å². The topological polar surface area (TPSA) is 81.7 Å². The van der Waals surface area contributed by atoms with E-state index in [9.17, 15) is 13.2 Å². The molecule has 6 nitrogen and oxygen atoms in total. The van der Waals surface area contributed by atoms with Crippen LogP contribution in [0.2, 0.25) is 0 Å². The van der Waals surface area contributed by atoms with E-state index in [1.54, 1.807) is 25.1 Å². The molecule has 0 amide bonds. The number of ether oxygens (including phenoxy) is 2. The first-order valence-corrected chi connectivity index (χ1v) is 10.4. The van der Waals surface area contributed by atoms with Crippen LogP contribution < -0.4 is 4.72 Å². The molecule has 7 heteroatoms. The molecule has 1 N–H and O–H groups in total. The predicted molar refractivity (Wildman–Crippen MR) is 99.2 cm³/mol. The minimum absolute atomic E-state index is 0.120. The number of nitrogens with one attached hydrogen (secondary N) is 1. The van der Waals surface area contributed by atoms with Gasteiger partial charge in [0.2, 0.25) is 10.0 Å². The smallest absolute Gasteiger partial charge is 0.324 e. The van der Waals surface area contributed by atoms with E-state index in [4.69, 9.17) is 9.47 Å². The molecule has 1 aliphatic rings. The van der Waals surface area contributed by atoms with Gasteiger partial charge in [-0.15, -0.1) is 6.58 Å². The van der Waals surface area contributed by atoms with Gasteiger partial charge in [0.25, 0.3) is 0 Å². The highest BCUT2D eigenvalue weighted by molar-refractivity contribution is 7.89. The van der Waals surface area contributed by atoms with Gasteiger partial charge in [-0.2, -0.15) is 4.72 Å². The van der Waals surface area contributed by atoms with Crippen molar-refractivity contribution in [1.82, 2.24) is 4.72 Å². The lowest BCUT2D eigenvalue weighted by Crippen LogP contribution is -2.52. The van der Waals surface area contributed by atoms with Crippen molar-refractivity contribution >= 4 is 16.0 Å². The molecule has 0 spiro atoms. The zero-order valence-corrected chi connectivity index (χ0v) is 16.1. The minimum atomic E-state index is -3.86. The lowest BCUT2D eigenvalue weighted by Gasteiger charge is -2.35. The summed E-state index contributed by atoms with van der Waals surface area (Å²) >= 11 is 0. The molecule has 0 aliphatic carbocycles. The Morgan fingerprint density at radius 3 is 2.73 bits per heavy atom. The highest BCUT2D eigenvalue weighted by Crippen LogP contribution is 2.28. The molecule has 0 aromatic heterocycles. The van der Waals surface area contributed by atoms with Crippen LogP contribution >= 0.6 is 0 Å². The molecule has 0 saturated carbocycles. The average Bonchev–Trinajstić information content (AvgIpc) is 2.61. The maximum absolute atomic E-state index is 12.8. The third-order valence-corrected chi connectivity index (χ3v) is 5.93. The first kappa shape index (κ1) is 20.6. The SMILES string of the molecule is C=CC[C@H]1OCCC[C@H]1[C@H](NS(=O)(=O)c1ccc(C)cc1)C(=O)OCC. The van der Waals surface area contributed by atoms with E-state index in [0.29, 0.717) is 19.4 Å². The van der Waals surface area contributed by atoms with Crippen molar-refractivity contribution in [3.63, 3.8) is 0 Å². The van der Waals surface area contributed by atoms with Gasteiger partial charge in [0.05, 0.1) is 17.6 Å². The van der Waals surface area contributed by atoms with Gasteiger partial charge in [-0.3, -0.25) is 4.79 Å². The van der Waals surface area contributed by atoms with Gasteiger partial charge in [-0.1, -0.05) is 23.8 Å². The lowest BCUT2D eigenvalue weighted by molar-refractivity contribution is -0.150. The Kier molecular flexibility index (Phi) is 7.37. The van der Waals surface area contributed by atoms with Crippen molar-refractivity contribution < 1.29 is 22.7 Å². The highest BCUT2D eigenvalue weighted by Gasteiger charge is 2.39. The largest absolute Gasteiger partial charge is 0.465 e. The number of rotatable bonds is 8. The van der Waals surface area contributed by atoms with Crippen molar-refractivity contribution in [2.45, 2.75) is 50.2 Å². The quantitative estimate of drug-likeness (QED) is 0.553. The number of sulfonamides is 1. The van der Waals surface area contributed by atoms with Crippen LogP contribution in [0.15, 0.2) is 41.8 Å². The van der Waals surface area contributed by atoms with Crippen LogP contribution in [0.4, 0.5) is 0 Å². The Labute approximate surface area is 155 Å². The van der Waals surface area contributed by atoms with Crippen LogP contribution in [0.5, 0.6) is 0 Å². The van der Waals surface area contributed by atoms with Crippen molar-refractivity contribution in [1.29, 1.82) is 0 Å². The van der Waals surface area contributed by atoms with Gasteiger partial charge in [0.1, 0.15) is 6.04 Å². The molecule has 3 atom stereocenters. The number of carbonyl (C=O) groups is 1. The number of benzene rings is 1. The molecule has 1 fully saturated rings. The van der Waals surface area contributed by atoms with Crippen LogP contribution in [-0.4, -0.2) is 39.7 Å². The van der Waals surface area contributed by atoms with E-state index in [1.807, 2.05) is 6.92 Å². The maximum Gasteiger partial charge on any atom is 0.324 e. The second-order valence-electron chi connectivity index (χ2n) is 6.40. The molecule has 144 valence electrons. The predicted octanol–water partition coefficient (Wildman–Crippen LogP) is 2.58. The summed E-state index contributed by atoms with van der Waals surface area (Å²) in [6.45, 7) is 8.08. The Morgan fingerprint density at radius 2 is 2.12 bits per heavy atom. The van der Waals surface area contributed by atoms with Crippen LogP contribution in [-0.2, 0) is 24.3 Å². The van der Waals surface area contributed by atoms with Crippen LogP contribution in [0.3, 0.4) is 0 Å². The first-order valence-electron chi connectivity index (χ1n) is 8.87. The van der Waals surface area contributed by atoms with Crippen LogP contribution in [0.1, 0.15) is 31.7 Å². The fraction of sp³-hybridized carbons (Fsp3) is 0.526. The molecule has 0 radical (unpaired) electrons. The second kappa shape index (κ2) is 9.30. The Hall–Kier alpha value is -1.70.